The van der Waals surface area contributed by atoms with Crippen molar-refractivity contribution in [2.75, 3.05) is 66.5 Å². The van der Waals surface area contributed by atoms with Gasteiger partial charge in [-0.1, -0.05) is 10.2 Å². The maximum Gasteiger partial charge on any atom is 0.362 e. The van der Waals surface area contributed by atoms with Crippen LogP contribution in [-0.4, -0.2) is 98.1 Å². The number of carbonyl (C=O) groups excluding carboxylic acids is 2. The summed E-state index contributed by atoms with van der Waals surface area (Å²) in [5.41, 5.74) is 0. The molecule has 0 unspecified atom stereocenters. The van der Waals surface area contributed by atoms with Gasteiger partial charge in [0.1, 0.15) is 0 Å². The van der Waals surface area contributed by atoms with Crippen molar-refractivity contribution in [3.63, 3.8) is 0 Å². The van der Waals surface area contributed by atoms with Gasteiger partial charge in [-0.25, -0.2) is 9.59 Å². The van der Waals surface area contributed by atoms with Crippen LogP contribution in [-0.2, 0) is 0 Å². The smallest absolute Gasteiger partial charge is 0.319 e. The fourth-order valence-electron chi connectivity index (χ4n) is 2.21. The molecule has 112 valence electrons. The van der Waals surface area contributed by atoms with Gasteiger partial charge in [-0.2, -0.15) is 0 Å². The number of nitrogens with zero attached hydrogens (tertiary/aromatic N) is 6. The molecular formula is C12H22N6O2. The Morgan fingerprint density at radius 3 is 1.25 bits per heavy atom. The molecule has 2 saturated heterocycles. The Morgan fingerprint density at radius 2 is 0.950 bits per heavy atom. The molecule has 0 saturated carbocycles. The topological polar surface area (TPSA) is 71.8 Å². The lowest BCUT2D eigenvalue weighted by molar-refractivity contribution is 0.154. The van der Waals surface area contributed by atoms with Crippen molar-refractivity contribution in [1.29, 1.82) is 0 Å². The van der Waals surface area contributed by atoms with Gasteiger partial charge in [0.05, 0.1) is 0 Å². The highest BCUT2D eigenvalue weighted by molar-refractivity contribution is 5.79. The summed E-state index contributed by atoms with van der Waals surface area (Å²) < 4.78 is 0. The Kier molecular flexibility index (Phi) is 5.02. The second-order valence-electron chi connectivity index (χ2n) is 5.35. The van der Waals surface area contributed by atoms with Crippen molar-refractivity contribution >= 4 is 12.1 Å². The van der Waals surface area contributed by atoms with Crippen LogP contribution in [0.1, 0.15) is 0 Å². The summed E-state index contributed by atoms with van der Waals surface area (Å²) in [4.78, 5) is 31.2. The van der Waals surface area contributed by atoms with Crippen LogP contribution in [0.5, 0.6) is 0 Å². The highest BCUT2D eigenvalue weighted by Gasteiger charge is 2.21. The van der Waals surface area contributed by atoms with Crippen molar-refractivity contribution < 1.29 is 9.59 Å². The van der Waals surface area contributed by atoms with Crippen molar-refractivity contribution in [1.82, 2.24) is 19.6 Å². The number of carbonyl (C=O) groups is 2. The van der Waals surface area contributed by atoms with Crippen LogP contribution < -0.4 is 0 Å². The quantitative estimate of drug-likeness (QED) is 0.594. The van der Waals surface area contributed by atoms with Gasteiger partial charge in [0.15, 0.2) is 0 Å². The Balaban J connectivity index is 1.79. The number of hydrogen-bond donors (Lipinski definition) is 0. The number of hydrogen-bond acceptors (Lipinski definition) is 4. The molecule has 0 spiro atoms. The number of amides is 4. The van der Waals surface area contributed by atoms with E-state index in [-0.39, 0.29) is 0 Å². The van der Waals surface area contributed by atoms with Crippen LogP contribution >= 0.6 is 0 Å². The molecule has 0 atom stereocenters. The molecule has 4 amide bonds. The third kappa shape index (κ3) is 3.97. The molecule has 2 aliphatic rings. The zero-order valence-electron chi connectivity index (χ0n) is 12.2. The summed E-state index contributed by atoms with van der Waals surface area (Å²) in [6, 6.07) is -0.832. The molecule has 2 aliphatic heterocycles. The zero-order valence-corrected chi connectivity index (χ0v) is 12.2. The van der Waals surface area contributed by atoms with E-state index in [4.69, 9.17) is 0 Å². The van der Waals surface area contributed by atoms with Crippen molar-refractivity contribution in [2.45, 2.75) is 0 Å². The van der Waals surface area contributed by atoms with Crippen molar-refractivity contribution in [3.05, 3.63) is 0 Å². The summed E-state index contributed by atoms with van der Waals surface area (Å²) in [6.45, 7) is 5.85. The fourth-order valence-corrected chi connectivity index (χ4v) is 2.21. The van der Waals surface area contributed by atoms with E-state index in [0.29, 0.717) is 26.2 Å². The normalized spacial score (nSPS) is 22.5. The Labute approximate surface area is 119 Å². The average Bonchev–Trinajstić information content (AvgIpc) is 2.46. The van der Waals surface area contributed by atoms with Crippen LogP contribution in [0.2, 0.25) is 0 Å². The number of rotatable bonds is 0. The van der Waals surface area contributed by atoms with E-state index >= 15 is 0 Å². The van der Waals surface area contributed by atoms with Gasteiger partial charge in [0.25, 0.3) is 0 Å². The first-order valence-electron chi connectivity index (χ1n) is 6.93. The van der Waals surface area contributed by atoms with Crippen molar-refractivity contribution in [3.8, 4) is 0 Å². The standard InChI is InChI=1S/C12H22N6O2/c1-15-3-7-17(8-4-15)11(19)13-14-12(20)18-9-5-16(2)6-10-18/h3-10H2,1-2H3/b14-13-. The zero-order chi connectivity index (χ0) is 14.5. The molecule has 0 aliphatic carbocycles. The summed E-state index contributed by atoms with van der Waals surface area (Å²) in [5.74, 6) is 0. The third-order valence-electron chi connectivity index (χ3n) is 3.77. The Hall–Kier alpha value is -1.54. The largest absolute Gasteiger partial charge is 0.362 e. The monoisotopic (exact) mass is 282 g/mol. The minimum atomic E-state index is -0.416. The Bertz CT molecular complexity index is 347. The summed E-state index contributed by atoms with van der Waals surface area (Å²) >= 11 is 0. The second-order valence-corrected chi connectivity index (χ2v) is 5.35. The van der Waals surface area contributed by atoms with Gasteiger partial charge in [0, 0.05) is 52.4 Å². The molecule has 2 rings (SSSR count). The van der Waals surface area contributed by atoms with Crippen LogP contribution in [0, 0.1) is 0 Å². The minimum Gasteiger partial charge on any atom is -0.319 e. The maximum absolute atomic E-state index is 11.8. The highest BCUT2D eigenvalue weighted by atomic mass is 16.2. The maximum atomic E-state index is 11.8. The lowest BCUT2D eigenvalue weighted by Gasteiger charge is -2.31. The fraction of sp³-hybridized carbons (Fsp3) is 0.833. The minimum absolute atomic E-state index is 0.416. The molecule has 0 N–H and O–H groups in total. The molecule has 8 nitrogen and oxygen atoms in total. The van der Waals surface area contributed by atoms with Crippen LogP contribution in [0.4, 0.5) is 9.59 Å². The lowest BCUT2D eigenvalue weighted by Crippen LogP contribution is -2.47. The molecule has 8 heteroatoms. The van der Waals surface area contributed by atoms with Gasteiger partial charge < -0.3 is 19.6 Å². The van der Waals surface area contributed by atoms with Crippen LogP contribution in [0.3, 0.4) is 0 Å². The van der Waals surface area contributed by atoms with Crippen LogP contribution in [0.15, 0.2) is 10.2 Å². The lowest BCUT2D eigenvalue weighted by atomic mass is 10.3. The van der Waals surface area contributed by atoms with E-state index in [0.717, 1.165) is 26.2 Å². The molecular weight excluding hydrogens is 260 g/mol. The van der Waals surface area contributed by atoms with E-state index in [2.05, 4.69) is 20.0 Å². The molecule has 0 bridgehead atoms. The second kappa shape index (κ2) is 6.76. The van der Waals surface area contributed by atoms with Gasteiger partial charge >= 0.3 is 12.1 Å². The van der Waals surface area contributed by atoms with Gasteiger partial charge in [-0.05, 0) is 14.1 Å². The number of likely N-dealkylation sites (N-methyl/N-ethyl adjacent to an activating group) is 2. The van der Waals surface area contributed by atoms with Gasteiger partial charge in [0.2, 0.25) is 0 Å². The van der Waals surface area contributed by atoms with E-state index in [1.807, 2.05) is 14.1 Å². The third-order valence-corrected chi connectivity index (χ3v) is 3.77. The van der Waals surface area contributed by atoms with Gasteiger partial charge in [-0.3, -0.25) is 0 Å². The Morgan fingerprint density at radius 1 is 0.650 bits per heavy atom. The summed E-state index contributed by atoms with van der Waals surface area (Å²) in [5, 5.41) is 7.11. The number of piperazine rings is 2. The number of urea groups is 2. The SMILES string of the molecule is CN1CCN(C(=O)/N=N\C(=O)N2CCN(C)CC2)CC1. The first kappa shape index (κ1) is 14.9. The van der Waals surface area contributed by atoms with E-state index in [1.54, 1.807) is 9.80 Å². The van der Waals surface area contributed by atoms with E-state index < -0.39 is 12.1 Å². The molecule has 0 radical (unpaired) electrons. The first-order valence-corrected chi connectivity index (χ1v) is 6.93. The number of azo groups is 1. The van der Waals surface area contributed by atoms with E-state index in [9.17, 15) is 9.59 Å². The van der Waals surface area contributed by atoms with Crippen LogP contribution in [0.25, 0.3) is 0 Å². The van der Waals surface area contributed by atoms with E-state index in [1.165, 1.54) is 0 Å². The van der Waals surface area contributed by atoms with Crippen molar-refractivity contribution in [2.24, 2.45) is 10.2 Å². The first-order chi connectivity index (χ1) is 9.56. The highest BCUT2D eigenvalue weighted by Crippen LogP contribution is 2.04. The molecule has 0 aromatic carbocycles. The molecule has 0 aromatic heterocycles. The molecule has 0 aromatic rings. The molecule has 2 heterocycles. The summed E-state index contributed by atoms with van der Waals surface area (Å²) in [6.07, 6.45) is 0. The predicted octanol–water partition coefficient (Wildman–Crippen LogP) is 0.173. The molecule has 2 fully saturated rings. The predicted molar refractivity (Wildman–Crippen MR) is 73.8 cm³/mol. The van der Waals surface area contributed by atoms with Gasteiger partial charge in [-0.15, -0.1) is 0 Å². The summed E-state index contributed by atoms with van der Waals surface area (Å²) in [7, 11) is 4.03. The average molecular weight is 282 g/mol. The molecule has 20 heavy (non-hydrogen) atoms.